The van der Waals surface area contributed by atoms with Crippen LogP contribution in [0.5, 0.6) is 0 Å². The number of rotatable bonds is 4. The number of ether oxygens (including phenoxy) is 1. The molecule has 0 bridgehead atoms. The van der Waals surface area contributed by atoms with Gasteiger partial charge in [0.1, 0.15) is 0 Å². The first-order chi connectivity index (χ1) is 10.6. The lowest BCUT2D eigenvalue weighted by Crippen LogP contribution is -2.54. The molecule has 3 heterocycles. The third-order valence-corrected chi connectivity index (χ3v) is 4.88. The average molecular weight is 303 g/mol. The lowest BCUT2D eigenvalue weighted by atomic mass is 9.81. The molecule has 0 aliphatic carbocycles. The van der Waals surface area contributed by atoms with Gasteiger partial charge in [0.15, 0.2) is 0 Å². The minimum Gasteiger partial charge on any atom is -0.377 e. The largest absolute Gasteiger partial charge is 0.377 e. The van der Waals surface area contributed by atoms with E-state index in [2.05, 4.69) is 29.0 Å². The number of hydrogen-bond donors (Lipinski definition) is 1. The second-order valence-corrected chi connectivity index (χ2v) is 6.59. The molecule has 2 fully saturated rings. The highest BCUT2D eigenvalue weighted by molar-refractivity contribution is 5.79. The van der Waals surface area contributed by atoms with Gasteiger partial charge in [-0.3, -0.25) is 14.7 Å². The number of nitrogens with one attached hydrogen (secondary N) is 1. The molecule has 3 atom stereocenters. The van der Waals surface area contributed by atoms with Crippen molar-refractivity contribution < 1.29 is 9.53 Å². The molecule has 1 amide bonds. The molecule has 5 heteroatoms. The highest BCUT2D eigenvalue weighted by Crippen LogP contribution is 2.34. The van der Waals surface area contributed by atoms with Crippen LogP contribution in [-0.4, -0.2) is 47.6 Å². The minimum atomic E-state index is 0.0281. The number of nitrogens with zero attached hydrogens (tertiary/aromatic N) is 2. The van der Waals surface area contributed by atoms with Crippen LogP contribution in [0, 0.1) is 11.8 Å². The van der Waals surface area contributed by atoms with Crippen LogP contribution in [0.4, 0.5) is 0 Å². The van der Waals surface area contributed by atoms with Crippen molar-refractivity contribution in [2.75, 3.05) is 19.7 Å². The van der Waals surface area contributed by atoms with Crippen molar-refractivity contribution >= 4 is 5.91 Å². The van der Waals surface area contributed by atoms with E-state index in [1.54, 1.807) is 12.4 Å². The van der Waals surface area contributed by atoms with Crippen LogP contribution in [0.1, 0.15) is 25.8 Å². The first-order valence-corrected chi connectivity index (χ1v) is 8.17. The van der Waals surface area contributed by atoms with Crippen LogP contribution in [-0.2, 0) is 16.1 Å². The zero-order chi connectivity index (χ0) is 15.5. The molecule has 5 nitrogen and oxygen atoms in total. The second-order valence-electron chi connectivity index (χ2n) is 6.59. The Bertz CT molecular complexity index is 506. The van der Waals surface area contributed by atoms with Gasteiger partial charge < -0.3 is 10.1 Å². The molecule has 0 spiro atoms. The molecule has 2 saturated heterocycles. The van der Waals surface area contributed by atoms with Crippen molar-refractivity contribution in [1.29, 1.82) is 0 Å². The summed E-state index contributed by atoms with van der Waals surface area (Å²) in [5.41, 5.74) is 1.03. The van der Waals surface area contributed by atoms with Crippen molar-refractivity contribution in [2.24, 2.45) is 11.8 Å². The molecular weight excluding hydrogens is 278 g/mol. The zero-order valence-corrected chi connectivity index (χ0v) is 13.4. The van der Waals surface area contributed by atoms with E-state index >= 15 is 0 Å². The van der Waals surface area contributed by atoms with Gasteiger partial charge in [-0.15, -0.1) is 0 Å². The minimum absolute atomic E-state index is 0.0281. The fraction of sp³-hybridized carbons (Fsp3) is 0.647. The summed E-state index contributed by atoms with van der Waals surface area (Å²) in [5, 5.41) is 3.08. The molecule has 0 aromatic carbocycles. The summed E-state index contributed by atoms with van der Waals surface area (Å²) >= 11 is 0. The Morgan fingerprint density at radius 3 is 3.09 bits per heavy atom. The fourth-order valence-electron chi connectivity index (χ4n) is 3.53. The quantitative estimate of drug-likeness (QED) is 0.914. The molecule has 0 unspecified atom stereocenters. The number of amides is 1. The molecule has 0 saturated carbocycles. The van der Waals surface area contributed by atoms with Crippen molar-refractivity contribution in [1.82, 2.24) is 15.2 Å². The lowest BCUT2D eigenvalue weighted by Gasteiger charge is -2.41. The second kappa shape index (κ2) is 6.75. The maximum atomic E-state index is 12.7. The molecule has 1 aromatic heterocycles. The topological polar surface area (TPSA) is 54.5 Å². The van der Waals surface area contributed by atoms with Crippen LogP contribution in [0.25, 0.3) is 0 Å². The van der Waals surface area contributed by atoms with E-state index < -0.39 is 0 Å². The maximum Gasteiger partial charge on any atom is 0.225 e. The summed E-state index contributed by atoms with van der Waals surface area (Å²) in [7, 11) is 0. The average Bonchev–Trinajstić information content (AvgIpc) is 3.01. The number of likely N-dealkylation sites (tertiary alicyclic amines) is 1. The molecule has 1 N–H and O–H groups in total. The SMILES string of the molecule is CC(C)N1C[C@H](C(=O)NCc2cccnc2)[C@@H]2CCO[C@@H]2C1. The van der Waals surface area contributed by atoms with Crippen molar-refractivity contribution in [3.05, 3.63) is 30.1 Å². The van der Waals surface area contributed by atoms with Crippen molar-refractivity contribution in [3.63, 3.8) is 0 Å². The van der Waals surface area contributed by atoms with E-state index in [0.29, 0.717) is 18.5 Å². The normalized spacial score (nSPS) is 28.6. The van der Waals surface area contributed by atoms with Crippen molar-refractivity contribution in [2.45, 2.75) is 39.0 Å². The standard InChI is InChI=1S/C17H25N3O2/c1-12(2)20-10-15(14-5-7-22-16(14)11-20)17(21)19-9-13-4-3-6-18-8-13/h3-4,6,8,12,14-16H,5,7,9-11H2,1-2H3,(H,19,21)/t14-,15-,16+/m0/s1. The number of fused-ring (bicyclic) bond motifs is 1. The highest BCUT2D eigenvalue weighted by atomic mass is 16.5. The van der Waals surface area contributed by atoms with Gasteiger partial charge in [0.05, 0.1) is 12.0 Å². The number of carbonyl (C=O) groups is 1. The van der Waals surface area contributed by atoms with Gasteiger partial charge in [0.2, 0.25) is 5.91 Å². The Kier molecular flexibility index (Phi) is 4.74. The molecule has 3 rings (SSSR count). The Hall–Kier alpha value is -1.46. The molecule has 120 valence electrons. The van der Waals surface area contributed by atoms with E-state index in [-0.39, 0.29) is 17.9 Å². The highest BCUT2D eigenvalue weighted by Gasteiger charge is 2.44. The summed E-state index contributed by atoms with van der Waals surface area (Å²) in [6.45, 7) is 7.48. The van der Waals surface area contributed by atoms with Crippen LogP contribution in [0.3, 0.4) is 0 Å². The number of piperidine rings is 1. The Balaban J connectivity index is 1.64. The molecule has 22 heavy (non-hydrogen) atoms. The predicted octanol–water partition coefficient (Wildman–Crippen LogP) is 1.44. The first kappa shape index (κ1) is 15.4. The third kappa shape index (κ3) is 3.31. The summed E-state index contributed by atoms with van der Waals surface area (Å²) in [6, 6.07) is 4.32. The molecule has 2 aliphatic rings. The van der Waals surface area contributed by atoms with Crippen LogP contribution < -0.4 is 5.32 Å². The Morgan fingerprint density at radius 1 is 1.50 bits per heavy atom. The van der Waals surface area contributed by atoms with E-state index in [0.717, 1.165) is 31.7 Å². The summed E-state index contributed by atoms with van der Waals surface area (Å²) in [6.07, 6.45) is 4.75. The van der Waals surface area contributed by atoms with Gasteiger partial charge in [-0.25, -0.2) is 0 Å². The van der Waals surface area contributed by atoms with E-state index in [1.165, 1.54) is 0 Å². The van der Waals surface area contributed by atoms with Gasteiger partial charge in [-0.2, -0.15) is 0 Å². The third-order valence-electron chi connectivity index (χ3n) is 4.88. The van der Waals surface area contributed by atoms with E-state index in [1.807, 2.05) is 12.1 Å². The van der Waals surface area contributed by atoms with Crippen LogP contribution in [0.15, 0.2) is 24.5 Å². The summed E-state index contributed by atoms with van der Waals surface area (Å²) < 4.78 is 5.85. The summed E-state index contributed by atoms with van der Waals surface area (Å²) in [5.74, 6) is 0.541. The zero-order valence-electron chi connectivity index (χ0n) is 13.4. The number of hydrogen-bond acceptors (Lipinski definition) is 4. The number of carbonyl (C=O) groups excluding carboxylic acids is 1. The van der Waals surface area contributed by atoms with E-state index in [4.69, 9.17) is 4.74 Å². The van der Waals surface area contributed by atoms with Gasteiger partial charge >= 0.3 is 0 Å². The predicted molar refractivity (Wildman–Crippen MR) is 84.1 cm³/mol. The van der Waals surface area contributed by atoms with Crippen LogP contribution in [0.2, 0.25) is 0 Å². The van der Waals surface area contributed by atoms with Gasteiger partial charge in [-0.05, 0) is 31.9 Å². The monoisotopic (exact) mass is 303 g/mol. The number of aromatic nitrogens is 1. The number of pyridine rings is 1. The fourth-order valence-corrected chi connectivity index (χ4v) is 3.53. The molecule has 0 radical (unpaired) electrons. The van der Waals surface area contributed by atoms with Crippen LogP contribution >= 0.6 is 0 Å². The Labute approximate surface area is 132 Å². The lowest BCUT2D eigenvalue weighted by molar-refractivity contribution is -0.131. The Morgan fingerprint density at radius 2 is 2.36 bits per heavy atom. The molecular formula is C17H25N3O2. The first-order valence-electron chi connectivity index (χ1n) is 8.17. The van der Waals surface area contributed by atoms with Crippen molar-refractivity contribution in [3.8, 4) is 0 Å². The summed E-state index contributed by atoms with van der Waals surface area (Å²) in [4.78, 5) is 19.1. The van der Waals surface area contributed by atoms with E-state index in [9.17, 15) is 4.79 Å². The van der Waals surface area contributed by atoms with Gasteiger partial charge in [0, 0.05) is 50.6 Å². The van der Waals surface area contributed by atoms with Gasteiger partial charge in [-0.1, -0.05) is 6.07 Å². The molecule has 2 aliphatic heterocycles. The molecule has 1 aromatic rings. The smallest absolute Gasteiger partial charge is 0.225 e. The maximum absolute atomic E-state index is 12.7. The van der Waals surface area contributed by atoms with Gasteiger partial charge in [0.25, 0.3) is 0 Å².